The Morgan fingerprint density at radius 2 is 1.93 bits per heavy atom. The van der Waals surface area contributed by atoms with Gasteiger partial charge in [-0.1, -0.05) is 6.07 Å². The zero-order valence-electron chi connectivity index (χ0n) is 15.4. The van der Waals surface area contributed by atoms with Gasteiger partial charge in [0.2, 0.25) is 6.79 Å². The van der Waals surface area contributed by atoms with Gasteiger partial charge in [0.15, 0.2) is 11.5 Å². The lowest BCUT2D eigenvalue weighted by Gasteiger charge is -2.08. The molecule has 4 aromatic rings. The lowest BCUT2D eigenvalue weighted by atomic mass is 10.2. The molecule has 2 aromatic carbocycles. The highest BCUT2D eigenvalue weighted by molar-refractivity contribution is 6.04. The van der Waals surface area contributed by atoms with Gasteiger partial charge in [-0.05, 0) is 48.5 Å². The molecule has 5 rings (SSSR count). The van der Waals surface area contributed by atoms with Crippen molar-refractivity contribution in [3.8, 4) is 17.2 Å². The molecule has 0 bridgehead atoms. The summed E-state index contributed by atoms with van der Waals surface area (Å²) in [5.41, 5.74) is 2.89. The van der Waals surface area contributed by atoms with Crippen molar-refractivity contribution in [2.24, 2.45) is 0 Å². The number of benzene rings is 2. The summed E-state index contributed by atoms with van der Waals surface area (Å²) in [6, 6.07) is 18.1. The van der Waals surface area contributed by atoms with E-state index in [-0.39, 0.29) is 12.7 Å². The Bertz CT molecular complexity index is 1150. The first-order valence-corrected chi connectivity index (χ1v) is 9.11. The van der Waals surface area contributed by atoms with Crippen LogP contribution in [0.3, 0.4) is 0 Å². The minimum absolute atomic E-state index is 0.198. The standard InChI is InChI=1S/C22H17N3O4/c26-22(24-16-6-9-19-20(11-16)29-14-28-19)15-4-7-18(8-5-15)27-13-17-12-25-10-2-1-3-21(25)23-17/h1-12H,13-14H2,(H,24,26). The van der Waals surface area contributed by atoms with E-state index in [9.17, 15) is 4.79 Å². The molecule has 0 saturated heterocycles. The molecule has 1 amide bonds. The fourth-order valence-corrected chi connectivity index (χ4v) is 3.09. The second kappa shape index (κ2) is 7.20. The van der Waals surface area contributed by atoms with Crippen LogP contribution in [0.2, 0.25) is 0 Å². The van der Waals surface area contributed by atoms with Crippen LogP contribution in [0.1, 0.15) is 16.1 Å². The Hall–Kier alpha value is -4.00. The summed E-state index contributed by atoms with van der Waals surface area (Å²) in [6.45, 7) is 0.549. The first-order valence-electron chi connectivity index (χ1n) is 9.11. The fourth-order valence-electron chi connectivity index (χ4n) is 3.09. The number of rotatable bonds is 5. The first kappa shape index (κ1) is 17.1. The summed E-state index contributed by atoms with van der Waals surface area (Å²) >= 11 is 0. The molecule has 1 aliphatic rings. The van der Waals surface area contributed by atoms with Crippen LogP contribution in [0, 0.1) is 0 Å². The van der Waals surface area contributed by atoms with Crippen molar-refractivity contribution >= 4 is 17.2 Å². The number of carbonyl (C=O) groups is 1. The van der Waals surface area contributed by atoms with Crippen molar-refractivity contribution in [3.05, 3.63) is 84.3 Å². The monoisotopic (exact) mass is 387 g/mol. The summed E-state index contributed by atoms with van der Waals surface area (Å²) in [6.07, 6.45) is 3.88. The maximum atomic E-state index is 12.5. The van der Waals surface area contributed by atoms with Crippen LogP contribution in [0.5, 0.6) is 17.2 Å². The SMILES string of the molecule is O=C(Nc1ccc2c(c1)OCO2)c1ccc(OCc2cn3ccccc3n2)cc1. The summed E-state index contributed by atoms with van der Waals surface area (Å²) in [7, 11) is 0. The van der Waals surface area contributed by atoms with E-state index in [2.05, 4.69) is 10.3 Å². The molecule has 0 saturated carbocycles. The topological polar surface area (TPSA) is 74.1 Å². The van der Waals surface area contributed by atoms with Gasteiger partial charge in [0.25, 0.3) is 5.91 Å². The smallest absolute Gasteiger partial charge is 0.255 e. The van der Waals surface area contributed by atoms with Gasteiger partial charge in [-0.2, -0.15) is 0 Å². The molecule has 1 N–H and O–H groups in total. The average Bonchev–Trinajstić information content (AvgIpc) is 3.38. The Morgan fingerprint density at radius 3 is 2.79 bits per heavy atom. The van der Waals surface area contributed by atoms with E-state index >= 15 is 0 Å². The number of amides is 1. The van der Waals surface area contributed by atoms with Gasteiger partial charge in [0.05, 0.1) is 5.69 Å². The summed E-state index contributed by atoms with van der Waals surface area (Å²) in [5.74, 6) is 1.76. The van der Waals surface area contributed by atoms with Crippen LogP contribution >= 0.6 is 0 Å². The van der Waals surface area contributed by atoms with Crippen molar-refractivity contribution in [1.29, 1.82) is 0 Å². The van der Waals surface area contributed by atoms with Crippen molar-refractivity contribution in [3.63, 3.8) is 0 Å². The zero-order valence-corrected chi connectivity index (χ0v) is 15.4. The lowest BCUT2D eigenvalue weighted by molar-refractivity contribution is 0.102. The average molecular weight is 387 g/mol. The first-order chi connectivity index (χ1) is 14.2. The van der Waals surface area contributed by atoms with Gasteiger partial charge in [0.1, 0.15) is 18.0 Å². The van der Waals surface area contributed by atoms with Crippen LogP contribution in [0.15, 0.2) is 73.1 Å². The summed E-state index contributed by atoms with van der Waals surface area (Å²) in [4.78, 5) is 17.0. The number of nitrogens with one attached hydrogen (secondary N) is 1. The number of ether oxygens (including phenoxy) is 3. The number of pyridine rings is 1. The number of carbonyl (C=O) groups excluding carboxylic acids is 1. The highest BCUT2D eigenvalue weighted by atomic mass is 16.7. The molecule has 0 spiro atoms. The second-order valence-corrected chi connectivity index (χ2v) is 6.53. The van der Waals surface area contributed by atoms with E-state index in [0.29, 0.717) is 35.1 Å². The molecule has 7 heteroatoms. The van der Waals surface area contributed by atoms with Crippen LogP contribution in [0.25, 0.3) is 5.65 Å². The Kier molecular flexibility index (Phi) is 4.25. The van der Waals surface area contributed by atoms with E-state index in [1.807, 2.05) is 35.0 Å². The second-order valence-electron chi connectivity index (χ2n) is 6.53. The maximum absolute atomic E-state index is 12.5. The predicted molar refractivity (Wildman–Crippen MR) is 106 cm³/mol. The third kappa shape index (κ3) is 3.58. The molecule has 1 aliphatic heterocycles. The van der Waals surface area contributed by atoms with Crippen molar-refractivity contribution < 1.29 is 19.0 Å². The molecule has 0 fully saturated rings. The molecule has 29 heavy (non-hydrogen) atoms. The highest BCUT2D eigenvalue weighted by Gasteiger charge is 2.14. The molecular formula is C22H17N3O4. The van der Waals surface area contributed by atoms with Gasteiger partial charge in [-0.25, -0.2) is 4.98 Å². The molecule has 0 radical (unpaired) electrons. The molecular weight excluding hydrogens is 370 g/mol. The summed E-state index contributed by atoms with van der Waals surface area (Å²) in [5, 5.41) is 2.85. The number of imidazole rings is 1. The molecule has 7 nitrogen and oxygen atoms in total. The quantitative estimate of drug-likeness (QED) is 0.562. The van der Waals surface area contributed by atoms with Crippen LogP contribution in [0.4, 0.5) is 5.69 Å². The third-order valence-corrected chi connectivity index (χ3v) is 4.55. The van der Waals surface area contributed by atoms with E-state index in [4.69, 9.17) is 14.2 Å². The van der Waals surface area contributed by atoms with Crippen LogP contribution < -0.4 is 19.5 Å². The molecule has 2 aromatic heterocycles. The Labute approximate surface area is 166 Å². The van der Waals surface area contributed by atoms with Crippen molar-refractivity contribution in [1.82, 2.24) is 9.38 Å². The van der Waals surface area contributed by atoms with E-state index < -0.39 is 0 Å². The molecule has 3 heterocycles. The van der Waals surface area contributed by atoms with Crippen molar-refractivity contribution in [2.45, 2.75) is 6.61 Å². The van der Waals surface area contributed by atoms with Gasteiger partial charge in [-0.15, -0.1) is 0 Å². The third-order valence-electron chi connectivity index (χ3n) is 4.55. The Balaban J connectivity index is 1.22. The number of anilines is 1. The van der Waals surface area contributed by atoms with Gasteiger partial charge in [0, 0.05) is 29.7 Å². The van der Waals surface area contributed by atoms with E-state index in [0.717, 1.165) is 11.3 Å². The number of hydrogen-bond donors (Lipinski definition) is 1. The minimum Gasteiger partial charge on any atom is -0.487 e. The highest BCUT2D eigenvalue weighted by Crippen LogP contribution is 2.34. The van der Waals surface area contributed by atoms with E-state index in [1.54, 1.807) is 42.5 Å². The molecule has 0 aliphatic carbocycles. The van der Waals surface area contributed by atoms with Crippen LogP contribution in [-0.4, -0.2) is 22.1 Å². The molecule has 144 valence electrons. The normalized spacial score (nSPS) is 12.1. The molecule has 0 atom stereocenters. The fraction of sp³-hybridized carbons (Fsp3) is 0.0909. The lowest BCUT2D eigenvalue weighted by Crippen LogP contribution is -2.11. The minimum atomic E-state index is -0.212. The van der Waals surface area contributed by atoms with Crippen molar-refractivity contribution in [2.75, 3.05) is 12.1 Å². The number of aromatic nitrogens is 2. The number of hydrogen-bond acceptors (Lipinski definition) is 5. The zero-order chi connectivity index (χ0) is 19.6. The van der Waals surface area contributed by atoms with Gasteiger partial charge in [-0.3, -0.25) is 4.79 Å². The largest absolute Gasteiger partial charge is 0.487 e. The molecule has 0 unspecified atom stereocenters. The van der Waals surface area contributed by atoms with Gasteiger partial charge >= 0.3 is 0 Å². The van der Waals surface area contributed by atoms with Gasteiger partial charge < -0.3 is 23.9 Å². The number of fused-ring (bicyclic) bond motifs is 2. The predicted octanol–water partition coefficient (Wildman–Crippen LogP) is 3.89. The van der Waals surface area contributed by atoms with Crippen LogP contribution in [-0.2, 0) is 6.61 Å². The number of nitrogens with zero attached hydrogens (tertiary/aromatic N) is 2. The Morgan fingerprint density at radius 1 is 1.07 bits per heavy atom. The van der Waals surface area contributed by atoms with E-state index in [1.165, 1.54) is 0 Å². The maximum Gasteiger partial charge on any atom is 0.255 e. The summed E-state index contributed by atoms with van der Waals surface area (Å²) < 4.78 is 18.3.